The highest BCUT2D eigenvalue weighted by Gasteiger charge is 2.71. The van der Waals surface area contributed by atoms with Crippen LogP contribution in [-0.4, -0.2) is 61.3 Å². The van der Waals surface area contributed by atoms with E-state index < -0.39 is 41.0 Å². The number of urea groups is 1. The smallest absolute Gasteiger partial charge is 0.430 e. The molecule has 2 aromatic carbocycles. The van der Waals surface area contributed by atoms with Crippen molar-refractivity contribution < 1.29 is 55.2 Å². The lowest BCUT2D eigenvalue weighted by Crippen LogP contribution is -2.53. The van der Waals surface area contributed by atoms with Gasteiger partial charge in [0.1, 0.15) is 11.3 Å². The van der Waals surface area contributed by atoms with Crippen LogP contribution in [-0.2, 0) is 15.9 Å². The molecule has 1 atom stereocenters. The fourth-order valence-corrected chi connectivity index (χ4v) is 4.80. The number of hydrogen-bond donors (Lipinski definition) is 3. The molecule has 1 unspecified atom stereocenters. The standard InChI is InChI=1S/C26H27F6N3O6/c1-3-23(15-7-9-18-20(12-15)41-14-40-18)21(36)35(22(37)34-23)11-5-4-10-33-17-8-6-16(13-19(17)39-2)24(38,25(27,28)29)26(30,31)32/h6-9,12-13,33,38H,3-5,10-11,14H2,1-2H3,(H,34,37). The van der Waals surface area contributed by atoms with Crippen molar-refractivity contribution >= 4 is 17.6 Å². The molecule has 41 heavy (non-hydrogen) atoms. The summed E-state index contributed by atoms with van der Waals surface area (Å²) in [6, 6.07) is 6.36. The number of benzene rings is 2. The first-order chi connectivity index (χ1) is 19.2. The second-order valence-electron chi connectivity index (χ2n) is 9.47. The Kier molecular flexibility index (Phi) is 7.95. The lowest BCUT2D eigenvalue weighted by atomic mass is 9.87. The minimum absolute atomic E-state index is 0.0533. The van der Waals surface area contributed by atoms with Crippen LogP contribution in [0.5, 0.6) is 17.2 Å². The van der Waals surface area contributed by atoms with Gasteiger partial charge in [0.2, 0.25) is 6.79 Å². The van der Waals surface area contributed by atoms with E-state index in [0.29, 0.717) is 42.0 Å². The van der Waals surface area contributed by atoms with Crippen molar-refractivity contribution in [1.29, 1.82) is 0 Å². The van der Waals surface area contributed by atoms with Gasteiger partial charge in [0.25, 0.3) is 11.5 Å². The van der Waals surface area contributed by atoms with Crippen molar-refractivity contribution in [3.8, 4) is 17.2 Å². The summed E-state index contributed by atoms with van der Waals surface area (Å²) in [5.74, 6) is 0.214. The number of anilines is 1. The quantitative estimate of drug-likeness (QED) is 0.207. The number of unbranched alkanes of at least 4 members (excludes halogenated alkanes) is 1. The lowest BCUT2D eigenvalue weighted by Gasteiger charge is -2.33. The number of ether oxygens (including phenoxy) is 3. The average Bonchev–Trinajstić information content (AvgIpc) is 3.48. The van der Waals surface area contributed by atoms with Crippen LogP contribution in [0.15, 0.2) is 36.4 Å². The van der Waals surface area contributed by atoms with Gasteiger partial charge in [-0.05, 0) is 49.1 Å². The van der Waals surface area contributed by atoms with Gasteiger partial charge >= 0.3 is 18.4 Å². The van der Waals surface area contributed by atoms with Gasteiger partial charge in [-0.2, -0.15) is 26.3 Å². The van der Waals surface area contributed by atoms with E-state index in [0.717, 1.165) is 18.1 Å². The van der Waals surface area contributed by atoms with Crippen LogP contribution in [0.25, 0.3) is 0 Å². The third-order valence-electron chi connectivity index (χ3n) is 7.14. The third kappa shape index (κ3) is 5.18. The third-order valence-corrected chi connectivity index (χ3v) is 7.14. The number of carbonyl (C=O) groups is 2. The maximum absolute atomic E-state index is 13.4. The number of aliphatic hydroxyl groups is 1. The number of nitrogens with one attached hydrogen (secondary N) is 2. The number of nitrogens with zero attached hydrogens (tertiary/aromatic N) is 1. The molecule has 15 heteroatoms. The number of carbonyl (C=O) groups excluding carboxylic acids is 2. The summed E-state index contributed by atoms with van der Waals surface area (Å²) >= 11 is 0. The minimum atomic E-state index is -6.03. The van der Waals surface area contributed by atoms with Crippen LogP contribution < -0.4 is 24.8 Å². The number of halogens is 6. The summed E-state index contributed by atoms with van der Waals surface area (Å²) in [5, 5.41) is 15.2. The summed E-state index contributed by atoms with van der Waals surface area (Å²) < 4.78 is 95.0. The zero-order valence-corrected chi connectivity index (χ0v) is 21.9. The number of amides is 3. The molecule has 0 radical (unpaired) electrons. The van der Waals surface area contributed by atoms with Crippen LogP contribution in [0.4, 0.5) is 36.8 Å². The predicted octanol–water partition coefficient (Wildman–Crippen LogP) is 4.79. The Balaban J connectivity index is 1.38. The molecule has 0 aromatic heterocycles. The van der Waals surface area contributed by atoms with Gasteiger partial charge in [0.15, 0.2) is 11.5 Å². The van der Waals surface area contributed by atoms with Crippen molar-refractivity contribution in [2.24, 2.45) is 0 Å². The topological polar surface area (TPSA) is 109 Å². The first-order valence-electron chi connectivity index (χ1n) is 12.5. The zero-order valence-electron chi connectivity index (χ0n) is 21.9. The zero-order chi connectivity index (χ0) is 30.2. The van der Waals surface area contributed by atoms with Crippen LogP contribution in [0, 0.1) is 0 Å². The monoisotopic (exact) mass is 591 g/mol. The molecular weight excluding hydrogens is 564 g/mol. The number of methoxy groups -OCH3 is 1. The van der Waals surface area contributed by atoms with E-state index in [2.05, 4.69) is 10.6 Å². The van der Waals surface area contributed by atoms with E-state index in [9.17, 15) is 41.0 Å². The van der Waals surface area contributed by atoms with Crippen molar-refractivity contribution in [3.05, 3.63) is 47.5 Å². The predicted molar refractivity (Wildman–Crippen MR) is 132 cm³/mol. The first kappa shape index (κ1) is 30.1. The fourth-order valence-electron chi connectivity index (χ4n) is 4.80. The summed E-state index contributed by atoms with van der Waals surface area (Å²) in [6.07, 6.45) is -11.1. The number of hydrogen-bond acceptors (Lipinski definition) is 7. The fraction of sp³-hybridized carbons (Fsp3) is 0.462. The number of imide groups is 1. The molecule has 0 bridgehead atoms. The molecule has 2 heterocycles. The molecule has 1 saturated heterocycles. The second-order valence-corrected chi connectivity index (χ2v) is 9.47. The van der Waals surface area contributed by atoms with E-state index in [1.807, 2.05) is 0 Å². The molecule has 2 aromatic rings. The summed E-state index contributed by atoms with van der Waals surface area (Å²) in [6.45, 7) is 2.07. The Labute approximate surface area is 230 Å². The van der Waals surface area contributed by atoms with Crippen molar-refractivity contribution in [3.63, 3.8) is 0 Å². The van der Waals surface area contributed by atoms with E-state index in [1.165, 1.54) is 0 Å². The average molecular weight is 592 g/mol. The number of rotatable bonds is 10. The van der Waals surface area contributed by atoms with Crippen molar-refractivity contribution in [2.45, 2.75) is 49.7 Å². The number of alkyl halides is 6. The van der Waals surface area contributed by atoms with Gasteiger partial charge in [-0.25, -0.2) is 4.79 Å². The maximum atomic E-state index is 13.4. The van der Waals surface area contributed by atoms with Gasteiger partial charge in [-0.1, -0.05) is 19.1 Å². The molecule has 224 valence electrons. The second kappa shape index (κ2) is 10.8. The minimum Gasteiger partial charge on any atom is -0.495 e. The lowest BCUT2D eigenvalue weighted by molar-refractivity contribution is -0.376. The van der Waals surface area contributed by atoms with Gasteiger partial charge in [-0.3, -0.25) is 9.69 Å². The molecular formula is C26H27F6N3O6. The molecule has 4 rings (SSSR count). The molecule has 9 nitrogen and oxygen atoms in total. The van der Waals surface area contributed by atoms with Crippen LogP contribution in [0.3, 0.4) is 0 Å². The Hall–Kier alpha value is -3.88. The van der Waals surface area contributed by atoms with Gasteiger partial charge in [-0.15, -0.1) is 0 Å². The molecule has 0 saturated carbocycles. The van der Waals surface area contributed by atoms with Crippen LogP contribution in [0.1, 0.15) is 37.3 Å². The maximum Gasteiger partial charge on any atom is 0.430 e. The highest BCUT2D eigenvalue weighted by atomic mass is 19.4. The Morgan fingerprint density at radius 1 is 1.02 bits per heavy atom. The van der Waals surface area contributed by atoms with E-state index in [-0.39, 0.29) is 37.7 Å². The summed E-state index contributed by atoms with van der Waals surface area (Å²) in [5.41, 5.74) is -7.17. The first-order valence-corrected chi connectivity index (χ1v) is 12.5. The Morgan fingerprint density at radius 3 is 2.34 bits per heavy atom. The van der Waals surface area contributed by atoms with Crippen LogP contribution >= 0.6 is 0 Å². The van der Waals surface area contributed by atoms with Gasteiger partial charge in [0.05, 0.1) is 12.8 Å². The molecule has 0 spiro atoms. The summed E-state index contributed by atoms with van der Waals surface area (Å²) in [7, 11) is 1.06. The molecule has 0 aliphatic carbocycles. The molecule has 1 fully saturated rings. The largest absolute Gasteiger partial charge is 0.495 e. The van der Waals surface area contributed by atoms with E-state index >= 15 is 0 Å². The Bertz CT molecular complexity index is 1300. The van der Waals surface area contributed by atoms with Crippen molar-refractivity contribution in [2.75, 3.05) is 32.3 Å². The summed E-state index contributed by atoms with van der Waals surface area (Å²) in [4.78, 5) is 27.2. The van der Waals surface area contributed by atoms with E-state index in [1.54, 1.807) is 25.1 Å². The molecule has 3 amide bonds. The highest BCUT2D eigenvalue weighted by molar-refractivity contribution is 6.07. The van der Waals surface area contributed by atoms with Crippen LogP contribution in [0.2, 0.25) is 0 Å². The SMILES string of the molecule is CCC1(c2ccc3c(c2)OCO3)NC(=O)N(CCCCNc2ccc(C(O)(C(F)(F)F)C(F)(F)F)cc2OC)C1=O. The normalized spacial score (nSPS) is 19.0. The molecule has 3 N–H and O–H groups in total. The van der Waals surface area contributed by atoms with Gasteiger partial charge in [0, 0.05) is 18.7 Å². The Morgan fingerprint density at radius 2 is 1.71 bits per heavy atom. The van der Waals surface area contributed by atoms with Crippen molar-refractivity contribution in [1.82, 2.24) is 10.2 Å². The van der Waals surface area contributed by atoms with Gasteiger partial charge < -0.3 is 30.0 Å². The highest BCUT2D eigenvalue weighted by Crippen LogP contribution is 2.51. The number of fused-ring (bicyclic) bond motifs is 1. The molecule has 2 aliphatic heterocycles. The van der Waals surface area contributed by atoms with E-state index in [4.69, 9.17) is 14.2 Å². The molecule has 2 aliphatic rings.